The normalized spacial score (nSPS) is 19.5. The predicted molar refractivity (Wildman–Crippen MR) is 73.1 cm³/mol. The summed E-state index contributed by atoms with van der Waals surface area (Å²) in [6.07, 6.45) is 6.63. The van der Waals surface area contributed by atoms with Gasteiger partial charge in [-0.1, -0.05) is 48.9 Å². The van der Waals surface area contributed by atoms with Crippen LogP contribution in [0.3, 0.4) is 0 Å². The molecule has 0 unspecified atom stereocenters. The fourth-order valence-corrected chi connectivity index (χ4v) is 3.03. The number of rotatable bonds is 3. The van der Waals surface area contributed by atoms with Crippen LogP contribution in [-0.2, 0) is 10.3 Å². The Kier molecular flexibility index (Phi) is 4.82. The number of halogens is 2. The number of nitrogens with zero attached hydrogens (tertiary/aromatic N) is 2. The van der Waals surface area contributed by atoms with Crippen molar-refractivity contribution in [2.24, 2.45) is 0 Å². The summed E-state index contributed by atoms with van der Waals surface area (Å²) < 4.78 is 6.00. The van der Waals surface area contributed by atoms with Gasteiger partial charge in [-0.15, -0.1) is 0 Å². The van der Waals surface area contributed by atoms with Gasteiger partial charge in [-0.05, 0) is 19.8 Å². The minimum Gasteiger partial charge on any atom is -0.367 e. The summed E-state index contributed by atoms with van der Waals surface area (Å²) in [5, 5.41) is 0.765. The van der Waals surface area contributed by atoms with E-state index >= 15 is 0 Å². The van der Waals surface area contributed by atoms with Crippen molar-refractivity contribution in [2.45, 2.75) is 51.0 Å². The van der Waals surface area contributed by atoms with Crippen LogP contribution in [0.5, 0.6) is 0 Å². The van der Waals surface area contributed by atoms with Gasteiger partial charge in [-0.3, -0.25) is 0 Å². The molecule has 18 heavy (non-hydrogen) atoms. The molecule has 1 saturated carbocycles. The zero-order valence-corrected chi connectivity index (χ0v) is 12.1. The van der Waals surface area contributed by atoms with Gasteiger partial charge in [0.1, 0.15) is 15.9 Å². The molecule has 0 atom stereocenters. The molecule has 0 spiro atoms. The molecule has 0 aromatic carbocycles. The zero-order valence-electron chi connectivity index (χ0n) is 10.6. The third-order valence-corrected chi connectivity index (χ3v) is 3.79. The van der Waals surface area contributed by atoms with Gasteiger partial charge in [-0.25, -0.2) is 9.97 Å². The molecule has 0 N–H and O–H groups in total. The third-order valence-electron chi connectivity index (χ3n) is 3.40. The second-order valence-electron chi connectivity index (χ2n) is 4.68. The average molecular weight is 289 g/mol. The Morgan fingerprint density at radius 3 is 2.17 bits per heavy atom. The molecule has 2 rings (SSSR count). The van der Waals surface area contributed by atoms with E-state index in [-0.39, 0.29) is 0 Å². The van der Waals surface area contributed by atoms with E-state index in [9.17, 15) is 0 Å². The first-order valence-corrected chi connectivity index (χ1v) is 7.26. The van der Waals surface area contributed by atoms with E-state index in [4.69, 9.17) is 27.9 Å². The summed E-state index contributed by atoms with van der Waals surface area (Å²) in [6.45, 7) is 2.65. The maximum absolute atomic E-state index is 6.00. The lowest BCUT2D eigenvalue weighted by Crippen LogP contribution is -2.32. The molecule has 0 saturated heterocycles. The number of hydrogen-bond donors (Lipinski definition) is 0. The summed E-state index contributed by atoms with van der Waals surface area (Å²) in [4.78, 5) is 8.67. The van der Waals surface area contributed by atoms with Crippen LogP contribution in [0.25, 0.3) is 0 Å². The molecule has 1 aliphatic rings. The van der Waals surface area contributed by atoms with E-state index in [1.54, 1.807) is 6.07 Å². The van der Waals surface area contributed by atoms with Crippen molar-refractivity contribution >= 4 is 23.2 Å². The van der Waals surface area contributed by atoms with Crippen LogP contribution in [0, 0.1) is 0 Å². The lowest BCUT2D eigenvalue weighted by atomic mass is 9.93. The third kappa shape index (κ3) is 3.14. The lowest BCUT2D eigenvalue weighted by molar-refractivity contribution is -0.0624. The molecular weight excluding hydrogens is 271 g/mol. The summed E-state index contributed by atoms with van der Waals surface area (Å²) in [6, 6.07) is 1.56. The quantitative estimate of drug-likeness (QED) is 0.612. The van der Waals surface area contributed by atoms with Crippen LogP contribution in [0.15, 0.2) is 6.07 Å². The molecule has 1 aliphatic carbocycles. The van der Waals surface area contributed by atoms with E-state index in [1.165, 1.54) is 12.8 Å². The summed E-state index contributed by atoms with van der Waals surface area (Å²) in [7, 11) is 0. The smallest absolute Gasteiger partial charge is 0.163 e. The van der Waals surface area contributed by atoms with Crippen molar-refractivity contribution in [3.63, 3.8) is 0 Å². The molecule has 100 valence electrons. The Bertz CT molecular complexity index is 384. The van der Waals surface area contributed by atoms with Crippen molar-refractivity contribution in [3.05, 3.63) is 22.2 Å². The van der Waals surface area contributed by atoms with Crippen molar-refractivity contribution in [3.8, 4) is 0 Å². The van der Waals surface area contributed by atoms with E-state index in [0.717, 1.165) is 25.7 Å². The standard InChI is InChI=1S/C13H18Cl2N2O/c1-2-18-13(7-5-3-4-6-8-13)12-16-10(14)9-11(15)17-12/h9H,2-8H2,1H3. The number of aromatic nitrogens is 2. The van der Waals surface area contributed by atoms with Crippen LogP contribution < -0.4 is 0 Å². The number of ether oxygens (including phenoxy) is 1. The van der Waals surface area contributed by atoms with Crippen LogP contribution in [0.1, 0.15) is 51.3 Å². The van der Waals surface area contributed by atoms with Gasteiger partial charge in [0, 0.05) is 12.7 Å². The van der Waals surface area contributed by atoms with Crippen molar-refractivity contribution in [1.29, 1.82) is 0 Å². The van der Waals surface area contributed by atoms with Crippen molar-refractivity contribution in [2.75, 3.05) is 6.61 Å². The predicted octanol–water partition coefficient (Wildman–Crippen LogP) is 4.37. The van der Waals surface area contributed by atoms with Crippen LogP contribution in [0.4, 0.5) is 0 Å². The number of hydrogen-bond acceptors (Lipinski definition) is 3. The highest BCUT2D eigenvalue weighted by molar-refractivity contribution is 6.33. The van der Waals surface area contributed by atoms with Crippen LogP contribution >= 0.6 is 23.2 Å². The fourth-order valence-electron chi connectivity index (χ4n) is 2.60. The van der Waals surface area contributed by atoms with E-state index in [2.05, 4.69) is 9.97 Å². The highest BCUT2D eigenvalue weighted by Gasteiger charge is 2.36. The van der Waals surface area contributed by atoms with Gasteiger partial charge >= 0.3 is 0 Å². The van der Waals surface area contributed by atoms with Gasteiger partial charge < -0.3 is 4.74 Å². The molecule has 1 aromatic rings. The van der Waals surface area contributed by atoms with Crippen molar-refractivity contribution < 1.29 is 4.74 Å². The highest BCUT2D eigenvalue weighted by atomic mass is 35.5. The average Bonchev–Trinajstić information content (AvgIpc) is 2.55. The Morgan fingerprint density at radius 2 is 1.67 bits per heavy atom. The first-order valence-electron chi connectivity index (χ1n) is 6.51. The molecular formula is C13H18Cl2N2O. The van der Waals surface area contributed by atoms with Crippen LogP contribution in [-0.4, -0.2) is 16.6 Å². The van der Waals surface area contributed by atoms with Crippen LogP contribution in [0.2, 0.25) is 10.3 Å². The van der Waals surface area contributed by atoms with Gasteiger partial charge in [0.05, 0.1) is 0 Å². The molecule has 5 heteroatoms. The highest BCUT2D eigenvalue weighted by Crippen LogP contribution is 2.38. The zero-order chi connectivity index (χ0) is 13.0. The van der Waals surface area contributed by atoms with Gasteiger partial charge in [0.25, 0.3) is 0 Å². The Morgan fingerprint density at radius 1 is 1.11 bits per heavy atom. The Balaban J connectivity index is 2.37. The van der Waals surface area contributed by atoms with E-state index < -0.39 is 5.60 Å². The molecule has 3 nitrogen and oxygen atoms in total. The van der Waals surface area contributed by atoms with Crippen molar-refractivity contribution in [1.82, 2.24) is 9.97 Å². The summed E-state index contributed by atoms with van der Waals surface area (Å²) in [5.74, 6) is 0.642. The minimum absolute atomic E-state index is 0.383. The topological polar surface area (TPSA) is 35.0 Å². The second-order valence-corrected chi connectivity index (χ2v) is 5.45. The molecule has 1 heterocycles. The van der Waals surface area contributed by atoms with E-state index in [1.807, 2.05) is 6.92 Å². The fraction of sp³-hybridized carbons (Fsp3) is 0.692. The van der Waals surface area contributed by atoms with Gasteiger partial charge in [-0.2, -0.15) is 0 Å². The molecule has 0 amide bonds. The second kappa shape index (κ2) is 6.18. The molecule has 0 bridgehead atoms. The molecule has 0 aliphatic heterocycles. The SMILES string of the molecule is CCOC1(c2nc(Cl)cc(Cl)n2)CCCCCC1. The first kappa shape index (κ1) is 14.0. The molecule has 0 radical (unpaired) electrons. The maximum atomic E-state index is 6.00. The minimum atomic E-state index is -0.403. The monoisotopic (exact) mass is 288 g/mol. The van der Waals surface area contributed by atoms with Gasteiger partial charge in [0.2, 0.25) is 0 Å². The molecule has 1 fully saturated rings. The maximum Gasteiger partial charge on any atom is 0.163 e. The summed E-state index contributed by atoms with van der Waals surface area (Å²) >= 11 is 12.0. The first-order chi connectivity index (χ1) is 8.66. The van der Waals surface area contributed by atoms with Gasteiger partial charge in [0.15, 0.2) is 5.82 Å². The lowest BCUT2D eigenvalue weighted by Gasteiger charge is -2.31. The summed E-state index contributed by atoms with van der Waals surface area (Å²) in [5.41, 5.74) is -0.403. The Labute approximate surface area is 118 Å². The molecule has 1 aromatic heterocycles. The van der Waals surface area contributed by atoms with E-state index in [0.29, 0.717) is 22.7 Å². The Hall–Kier alpha value is -0.380. The largest absolute Gasteiger partial charge is 0.367 e.